The summed E-state index contributed by atoms with van der Waals surface area (Å²) in [5, 5.41) is 1.03. The lowest BCUT2D eigenvalue weighted by Crippen LogP contribution is -2.02. The molecule has 0 amide bonds. The smallest absolute Gasteiger partial charge is 0.202 e. The molecule has 0 saturated carbocycles. The van der Waals surface area contributed by atoms with Crippen molar-refractivity contribution in [2.75, 3.05) is 0 Å². The minimum atomic E-state index is -0.141. The molecule has 22 heavy (non-hydrogen) atoms. The van der Waals surface area contributed by atoms with Crippen molar-refractivity contribution in [2.45, 2.75) is 9.79 Å². The summed E-state index contributed by atoms with van der Waals surface area (Å²) in [7, 11) is 0. The number of hydrogen-bond donors (Lipinski definition) is 0. The zero-order valence-electron chi connectivity index (χ0n) is 10.9. The van der Waals surface area contributed by atoms with E-state index in [0.29, 0.717) is 31.0 Å². The highest BCUT2D eigenvalue weighted by molar-refractivity contribution is 8.08. The Morgan fingerprint density at radius 1 is 0.682 bits per heavy atom. The molecule has 0 saturated heterocycles. The molecule has 0 atom stereocenters. The van der Waals surface area contributed by atoms with E-state index in [1.54, 1.807) is 24.3 Å². The highest BCUT2D eigenvalue weighted by Crippen LogP contribution is 2.50. The third-order valence-electron chi connectivity index (χ3n) is 3.42. The summed E-state index contributed by atoms with van der Waals surface area (Å²) >= 11 is 14.6. The molecule has 2 aliphatic rings. The first kappa shape index (κ1) is 14.4. The molecule has 0 aromatic heterocycles. The molecule has 2 nitrogen and oxygen atoms in total. The van der Waals surface area contributed by atoms with Crippen molar-refractivity contribution in [3.8, 4) is 0 Å². The molecule has 2 aliphatic heterocycles. The molecule has 4 rings (SSSR count). The average Bonchev–Trinajstić information content (AvgIpc) is 2.98. The highest BCUT2D eigenvalue weighted by atomic mass is 35.5. The Labute approximate surface area is 144 Å². The van der Waals surface area contributed by atoms with Gasteiger partial charge in [0.25, 0.3) is 0 Å². The van der Waals surface area contributed by atoms with Crippen LogP contribution < -0.4 is 0 Å². The number of carbonyl (C=O) groups is 2. The number of carbonyl (C=O) groups excluding carboxylic acids is 2. The molecule has 0 spiro atoms. The summed E-state index contributed by atoms with van der Waals surface area (Å²) in [4.78, 5) is 27.8. The molecule has 0 N–H and O–H groups in total. The number of halogens is 2. The van der Waals surface area contributed by atoms with Gasteiger partial charge in [0.05, 0.1) is 9.81 Å². The van der Waals surface area contributed by atoms with Gasteiger partial charge in [-0.2, -0.15) is 0 Å². The van der Waals surface area contributed by atoms with Gasteiger partial charge in [0.2, 0.25) is 11.6 Å². The maximum atomic E-state index is 12.6. The van der Waals surface area contributed by atoms with Crippen LogP contribution in [0, 0.1) is 0 Å². The molecule has 2 aromatic rings. The van der Waals surface area contributed by atoms with Gasteiger partial charge in [-0.3, -0.25) is 9.59 Å². The number of thioether (sulfide) groups is 2. The van der Waals surface area contributed by atoms with Crippen molar-refractivity contribution >= 4 is 58.3 Å². The Hall–Kier alpha value is -1.20. The summed E-state index contributed by atoms with van der Waals surface area (Å²) < 4.78 is 0. The van der Waals surface area contributed by atoms with Gasteiger partial charge in [0, 0.05) is 31.0 Å². The Balaban J connectivity index is 1.82. The van der Waals surface area contributed by atoms with E-state index in [-0.39, 0.29) is 11.6 Å². The zero-order valence-corrected chi connectivity index (χ0v) is 14.0. The quantitative estimate of drug-likeness (QED) is 0.579. The SMILES string of the molecule is O=C1C(=C2Sc3ccc(Cl)cc3C2=O)Sc2ccc(Cl)cc21. The first-order valence-corrected chi connectivity index (χ1v) is 8.72. The Morgan fingerprint density at radius 2 is 1.09 bits per heavy atom. The van der Waals surface area contributed by atoms with Crippen LogP contribution in [-0.4, -0.2) is 11.6 Å². The third kappa shape index (κ3) is 2.14. The normalized spacial score (nSPS) is 19.5. The van der Waals surface area contributed by atoms with Gasteiger partial charge in [-0.25, -0.2) is 0 Å². The number of fused-ring (bicyclic) bond motifs is 2. The second-order valence-corrected chi connectivity index (χ2v) is 7.78. The van der Waals surface area contributed by atoms with Crippen LogP contribution in [0.15, 0.2) is 56.0 Å². The monoisotopic (exact) mass is 364 g/mol. The molecule has 108 valence electrons. The summed E-state index contributed by atoms with van der Waals surface area (Å²) in [6.07, 6.45) is 0. The number of benzene rings is 2. The lowest BCUT2D eigenvalue weighted by Gasteiger charge is -1.98. The minimum Gasteiger partial charge on any atom is -0.288 e. The number of hydrogen-bond acceptors (Lipinski definition) is 4. The molecule has 0 fully saturated rings. The van der Waals surface area contributed by atoms with Gasteiger partial charge >= 0.3 is 0 Å². The van der Waals surface area contributed by atoms with E-state index in [2.05, 4.69) is 0 Å². The summed E-state index contributed by atoms with van der Waals surface area (Å²) in [6.45, 7) is 0. The molecular formula is C16H6Cl2O2S2. The second kappa shape index (κ2) is 5.17. The van der Waals surface area contributed by atoms with Crippen LogP contribution in [0.1, 0.15) is 20.7 Å². The van der Waals surface area contributed by atoms with Crippen molar-refractivity contribution in [1.29, 1.82) is 0 Å². The van der Waals surface area contributed by atoms with E-state index in [4.69, 9.17) is 23.2 Å². The Morgan fingerprint density at radius 3 is 1.50 bits per heavy atom. The fraction of sp³-hybridized carbons (Fsp3) is 0. The van der Waals surface area contributed by atoms with E-state index in [9.17, 15) is 9.59 Å². The molecule has 2 aromatic carbocycles. The van der Waals surface area contributed by atoms with Gasteiger partial charge in [-0.15, -0.1) is 0 Å². The number of allylic oxidation sites excluding steroid dienone is 2. The number of Topliss-reactive ketones (excluding diaryl/α,β-unsaturated/α-hetero) is 2. The second-order valence-electron chi connectivity index (χ2n) is 4.80. The van der Waals surface area contributed by atoms with Gasteiger partial charge in [0.1, 0.15) is 0 Å². The number of rotatable bonds is 0. The topological polar surface area (TPSA) is 34.1 Å². The largest absolute Gasteiger partial charge is 0.288 e. The maximum absolute atomic E-state index is 12.6. The molecule has 0 radical (unpaired) electrons. The highest BCUT2D eigenvalue weighted by Gasteiger charge is 2.36. The van der Waals surface area contributed by atoms with Crippen LogP contribution in [0.2, 0.25) is 10.0 Å². The van der Waals surface area contributed by atoms with E-state index in [1.807, 2.05) is 12.1 Å². The van der Waals surface area contributed by atoms with Crippen LogP contribution >= 0.6 is 46.7 Å². The van der Waals surface area contributed by atoms with Crippen LogP contribution in [0.25, 0.3) is 0 Å². The molecule has 0 bridgehead atoms. The third-order valence-corrected chi connectivity index (χ3v) is 6.35. The molecule has 0 aliphatic carbocycles. The van der Waals surface area contributed by atoms with Gasteiger partial charge in [-0.1, -0.05) is 46.7 Å². The standard InChI is InChI=1S/C16H6Cl2O2S2/c17-7-1-3-11-9(5-7)13(19)15(21-11)16-14(20)10-6-8(18)2-4-12(10)22-16/h1-6H. The predicted molar refractivity (Wildman–Crippen MR) is 90.3 cm³/mol. The van der Waals surface area contributed by atoms with Crippen molar-refractivity contribution in [2.24, 2.45) is 0 Å². The minimum absolute atomic E-state index is 0.141. The fourth-order valence-corrected chi connectivity index (χ4v) is 5.00. The van der Waals surface area contributed by atoms with Crippen molar-refractivity contribution in [3.05, 3.63) is 67.4 Å². The Kier molecular flexibility index (Phi) is 3.38. The van der Waals surface area contributed by atoms with Gasteiger partial charge in [-0.05, 0) is 36.4 Å². The summed E-state index contributed by atoms with van der Waals surface area (Å²) in [5.41, 5.74) is 1.12. The summed E-state index contributed by atoms with van der Waals surface area (Å²) in [5.74, 6) is -0.283. The maximum Gasteiger partial charge on any atom is 0.202 e. The van der Waals surface area contributed by atoms with E-state index in [1.165, 1.54) is 23.5 Å². The Bertz CT molecular complexity index is 830. The molecule has 6 heteroatoms. The lowest BCUT2D eigenvalue weighted by molar-refractivity contribution is 0.101. The fourth-order valence-electron chi connectivity index (χ4n) is 2.39. The van der Waals surface area contributed by atoms with E-state index in [0.717, 1.165) is 9.79 Å². The molecule has 0 unspecified atom stereocenters. The van der Waals surface area contributed by atoms with E-state index < -0.39 is 0 Å². The van der Waals surface area contributed by atoms with Crippen molar-refractivity contribution in [3.63, 3.8) is 0 Å². The van der Waals surface area contributed by atoms with Crippen molar-refractivity contribution < 1.29 is 9.59 Å². The predicted octanol–water partition coefficient (Wildman–Crippen LogP) is 5.48. The number of ketones is 2. The van der Waals surface area contributed by atoms with Crippen LogP contribution in [0.4, 0.5) is 0 Å². The average molecular weight is 365 g/mol. The summed E-state index contributed by atoms with van der Waals surface area (Å²) in [6, 6.07) is 10.4. The van der Waals surface area contributed by atoms with Crippen LogP contribution in [-0.2, 0) is 0 Å². The van der Waals surface area contributed by atoms with Crippen molar-refractivity contribution in [1.82, 2.24) is 0 Å². The van der Waals surface area contributed by atoms with E-state index >= 15 is 0 Å². The first-order valence-electron chi connectivity index (χ1n) is 6.33. The molecular weight excluding hydrogens is 359 g/mol. The van der Waals surface area contributed by atoms with Crippen LogP contribution in [0.5, 0.6) is 0 Å². The lowest BCUT2D eigenvalue weighted by atomic mass is 10.1. The molecule has 2 heterocycles. The van der Waals surface area contributed by atoms with Gasteiger partial charge < -0.3 is 0 Å². The van der Waals surface area contributed by atoms with Crippen LogP contribution in [0.3, 0.4) is 0 Å². The van der Waals surface area contributed by atoms with Gasteiger partial charge in [0.15, 0.2) is 0 Å². The first-order chi connectivity index (χ1) is 10.5. The zero-order chi connectivity index (χ0) is 15.4.